The van der Waals surface area contributed by atoms with E-state index >= 15 is 0 Å². The molecule has 108 valence electrons. The summed E-state index contributed by atoms with van der Waals surface area (Å²) in [5.74, 6) is -1.45. The van der Waals surface area contributed by atoms with Crippen molar-refractivity contribution in [1.82, 2.24) is 0 Å². The molecule has 0 bridgehead atoms. The lowest BCUT2D eigenvalue weighted by atomic mass is 9.62. The molecule has 1 saturated heterocycles. The minimum atomic E-state index is -0.375. The quantitative estimate of drug-likeness (QED) is 0.418. The fourth-order valence-electron chi connectivity index (χ4n) is 3.34. The first-order chi connectivity index (χ1) is 8.67. The zero-order valence-electron chi connectivity index (χ0n) is 12.8. The van der Waals surface area contributed by atoms with E-state index in [0.29, 0.717) is 6.42 Å². The van der Waals surface area contributed by atoms with Crippen LogP contribution in [0.5, 0.6) is 0 Å². The molecule has 1 aliphatic rings. The molecule has 0 radical (unpaired) electrons. The third-order valence-corrected chi connectivity index (χ3v) is 4.29. The maximum Gasteiger partial charge on any atom is 0.318 e. The Morgan fingerprint density at radius 1 is 1.11 bits per heavy atom. The van der Waals surface area contributed by atoms with Crippen molar-refractivity contribution in [1.29, 1.82) is 0 Å². The monoisotopic (exact) mass is 266 g/mol. The van der Waals surface area contributed by atoms with E-state index in [1.807, 2.05) is 13.8 Å². The predicted molar refractivity (Wildman–Crippen MR) is 75.4 cm³/mol. The average molecular weight is 266 g/mol. The summed E-state index contributed by atoms with van der Waals surface area (Å²) in [5.41, 5.74) is -0.526. The van der Waals surface area contributed by atoms with Crippen LogP contribution in [0.4, 0.5) is 0 Å². The highest BCUT2D eigenvalue weighted by atomic mass is 16.6. The van der Waals surface area contributed by atoms with Gasteiger partial charge in [0.1, 0.15) is 0 Å². The van der Waals surface area contributed by atoms with Gasteiger partial charge in [0, 0.05) is 0 Å². The first kappa shape index (κ1) is 15.9. The highest BCUT2D eigenvalue weighted by molar-refractivity contribution is 5.97. The third-order valence-electron chi connectivity index (χ3n) is 4.29. The van der Waals surface area contributed by atoms with E-state index in [0.717, 1.165) is 12.8 Å². The van der Waals surface area contributed by atoms with Gasteiger partial charge < -0.3 is 4.74 Å². The van der Waals surface area contributed by atoms with Crippen LogP contribution in [0.2, 0.25) is 0 Å². The van der Waals surface area contributed by atoms with Gasteiger partial charge in [-0.05, 0) is 23.7 Å². The van der Waals surface area contributed by atoms with Crippen LogP contribution in [0.25, 0.3) is 0 Å². The minimum Gasteiger partial charge on any atom is -0.393 e. The molecule has 2 unspecified atom stereocenters. The molecule has 0 aromatic rings. The van der Waals surface area contributed by atoms with Crippen LogP contribution in [0, 0.1) is 22.7 Å². The summed E-state index contributed by atoms with van der Waals surface area (Å²) in [6, 6.07) is 0. The zero-order chi connectivity index (χ0) is 14.8. The SMILES string of the molecule is C=CCC(C)(C)C1C(=O)OC(=O)C1C(C)(C)CCC. The summed E-state index contributed by atoms with van der Waals surface area (Å²) in [7, 11) is 0. The molecule has 0 amide bonds. The van der Waals surface area contributed by atoms with E-state index in [1.165, 1.54) is 0 Å². The van der Waals surface area contributed by atoms with E-state index in [9.17, 15) is 9.59 Å². The second kappa shape index (κ2) is 5.48. The van der Waals surface area contributed by atoms with Crippen LogP contribution < -0.4 is 0 Å². The molecule has 1 heterocycles. The van der Waals surface area contributed by atoms with Crippen molar-refractivity contribution in [3.8, 4) is 0 Å². The zero-order valence-corrected chi connectivity index (χ0v) is 12.8. The minimum absolute atomic E-state index is 0.221. The standard InChI is InChI=1S/C16H26O3/c1-7-9-15(3,4)11-12(14(18)19-13(11)17)16(5,6)10-8-2/h7,11-12H,1,8-10H2,2-6H3. The van der Waals surface area contributed by atoms with Crippen LogP contribution in [-0.2, 0) is 14.3 Å². The number of rotatable bonds is 6. The van der Waals surface area contributed by atoms with E-state index in [-0.39, 0.29) is 34.6 Å². The molecule has 2 atom stereocenters. The maximum absolute atomic E-state index is 12.1. The van der Waals surface area contributed by atoms with Crippen LogP contribution in [-0.4, -0.2) is 11.9 Å². The molecule has 0 aromatic heterocycles. The van der Waals surface area contributed by atoms with Gasteiger partial charge in [0.25, 0.3) is 0 Å². The molecule has 19 heavy (non-hydrogen) atoms. The summed E-state index contributed by atoms with van der Waals surface area (Å²) in [4.78, 5) is 24.2. The van der Waals surface area contributed by atoms with Crippen molar-refractivity contribution < 1.29 is 14.3 Å². The van der Waals surface area contributed by atoms with Gasteiger partial charge in [-0.25, -0.2) is 0 Å². The van der Waals surface area contributed by atoms with Gasteiger partial charge >= 0.3 is 11.9 Å². The Morgan fingerprint density at radius 2 is 1.58 bits per heavy atom. The summed E-state index contributed by atoms with van der Waals surface area (Å²) in [5, 5.41) is 0. The number of allylic oxidation sites excluding steroid dienone is 1. The number of cyclic esters (lactones) is 2. The second-order valence-electron chi connectivity index (χ2n) is 6.92. The summed E-state index contributed by atoms with van der Waals surface area (Å²) >= 11 is 0. The van der Waals surface area contributed by atoms with Gasteiger partial charge in [-0.3, -0.25) is 9.59 Å². The summed E-state index contributed by atoms with van der Waals surface area (Å²) < 4.78 is 4.94. The third kappa shape index (κ3) is 3.07. The average Bonchev–Trinajstić information content (AvgIpc) is 2.54. The first-order valence-electron chi connectivity index (χ1n) is 7.04. The molecular weight excluding hydrogens is 240 g/mol. The Kier molecular flexibility index (Phi) is 4.59. The molecular formula is C16H26O3. The van der Waals surface area contributed by atoms with Crippen LogP contribution in [0.1, 0.15) is 53.9 Å². The van der Waals surface area contributed by atoms with Gasteiger partial charge in [-0.15, -0.1) is 6.58 Å². The first-order valence-corrected chi connectivity index (χ1v) is 7.04. The molecule has 0 saturated carbocycles. The van der Waals surface area contributed by atoms with E-state index < -0.39 is 0 Å². The van der Waals surface area contributed by atoms with Crippen molar-refractivity contribution in [2.75, 3.05) is 0 Å². The fraction of sp³-hybridized carbons (Fsp3) is 0.750. The lowest BCUT2D eigenvalue weighted by molar-refractivity contribution is -0.155. The number of hydrogen-bond acceptors (Lipinski definition) is 3. The highest BCUT2D eigenvalue weighted by Gasteiger charge is 2.56. The Labute approximate surface area is 116 Å². The number of carbonyl (C=O) groups excluding carboxylic acids is 2. The number of esters is 2. The summed E-state index contributed by atoms with van der Waals surface area (Å²) in [6.07, 6.45) is 4.39. The topological polar surface area (TPSA) is 43.4 Å². The Hall–Kier alpha value is -1.12. The molecule has 0 spiro atoms. The van der Waals surface area contributed by atoms with Crippen LogP contribution in [0.3, 0.4) is 0 Å². The molecule has 0 aliphatic carbocycles. The molecule has 3 heteroatoms. The normalized spacial score (nSPS) is 24.5. The second-order valence-corrected chi connectivity index (χ2v) is 6.92. The van der Waals surface area contributed by atoms with Gasteiger partial charge in [-0.2, -0.15) is 0 Å². The lowest BCUT2D eigenvalue weighted by Gasteiger charge is -2.38. The predicted octanol–water partition coefficient (Wildman–Crippen LogP) is 3.73. The van der Waals surface area contributed by atoms with E-state index in [2.05, 4.69) is 27.4 Å². The Morgan fingerprint density at radius 3 is 2.00 bits per heavy atom. The fourth-order valence-corrected chi connectivity index (χ4v) is 3.34. The van der Waals surface area contributed by atoms with Gasteiger partial charge in [0.15, 0.2) is 0 Å². The number of hydrogen-bond donors (Lipinski definition) is 0. The van der Waals surface area contributed by atoms with E-state index in [4.69, 9.17) is 4.74 Å². The number of ether oxygens (including phenoxy) is 1. The molecule has 0 N–H and O–H groups in total. The molecule has 0 aromatic carbocycles. The Bertz CT molecular complexity index is 379. The number of carbonyl (C=O) groups is 2. The van der Waals surface area contributed by atoms with Crippen molar-refractivity contribution in [3.63, 3.8) is 0 Å². The van der Waals surface area contributed by atoms with Crippen LogP contribution >= 0.6 is 0 Å². The largest absolute Gasteiger partial charge is 0.393 e. The molecule has 1 fully saturated rings. The lowest BCUT2D eigenvalue weighted by Crippen LogP contribution is -2.40. The van der Waals surface area contributed by atoms with Crippen molar-refractivity contribution >= 4 is 11.9 Å². The van der Waals surface area contributed by atoms with Gasteiger partial charge in [0.2, 0.25) is 0 Å². The summed E-state index contributed by atoms with van der Waals surface area (Å²) in [6.45, 7) is 14.0. The van der Waals surface area contributed by atoms with Crippen molar-refractivity contribution in [2.45, 2.75) is 53.9 Å². The van der Waals surface area contributed by atoms with E-state index in [1.54, 1.807) is 6.08 Å². The van der Waals surface area contributed by atoms with Crippen LogP contribution in [0.15, 0.2) is 12.7 Å². The molecule has 3 nitrogen and oxygen atoms in total. The van der Waals surface area contributed by atoms with Gasteiger partial charge in [-0.1, -0.05) is 47.1 Å². The van der Waals surface area contributed by atoms with Crippen molar-refractivity contribution in [2.24, 2.45) is 22.7 Å². The maximum atomic E-state index is 12.1. The molecule has 1 aliphatic heterocycles. The van der Waals surface area contributed by atoms with Crippen molar-refractivity contribution in [3.05, 3.63) is 12.7 Å². The van der Waals surface area contributed by atoms with Gasteiger partial charge in [0.05, 0.1) is 11.8 Å². The highest BCUT2D eigenvalue weighted by Crippen LogP contribution is 2.49. The smallest absolute Gasteiger partial charge is 0.318 e. The molecule has 1 rings (SSSR count). The Balaban J connectivity index is 3.15.